The molecular weight excluding hydrogens is 329 g/mol. The molecule has 0 saturated heterocycles. The van der Waals surface area contributed by atoms with E-state index in [0.29, 0.717) is 23.2 Å². The number of rotatable bonds is 6. The van der Waals surface area contributed by atoms with Crippen LogP contribution in [0.5, 0.6) is 0 Å². The molecule has 0 aliphatic carbocycles. The third kappa shape index (κ3) is 4.42. The van der Waals surface area contributed by atoms with Crippen LogP contribution < -0.4 is 5.32 Å². The van der Waals surface area contributed by atoms with Crippen LogP contribution >= 0.6 is 11.8 Å². The molecule has 1 heterocycles. The van der Waals surface area contributed by atoms with Gasteiger partial charge in [-0.15, -0.1) is 11.8 Å². The zero-order valence-electron chi connectivity index (χ0n) is 12.6. The molecule has 5 nitrogen and oxygen atoms in total. The van der Waals surface area contributed by atoms with E-state index in [2.05, 4.69) is 15.5 Å². The molecular formula is C17H14FN3O2S. The maximum absolute atomic E-state index is 13.0. The highest BCUT2D eigenvalue weighted by molar-refractivity contribution is 7.99. The van der Waals surface area contributed by atoms with Crippen LogP contribution in [0.1, 0.15) is 5.89 Å². The van der Waals surface area contributed by atoms with Gasteiger partial charge in [-0.3, -0.25) is 4.79 Å². The molecule has 3 rings (SSSR count). The number of aromatic nitrogens is 2. The van der Waals surface area contributed by atoms with E-state index in [9.17, 15) is 9.18 Å². The molecule has 3 aromatic rings. The van der Waals surface area contributed by atoms with Gasteiger partial charge in [-0.2, -0.15) is 4.98 Å². The smallest absolute Gasteiger partial charge is 0.236 e. The van der Waals surface area contributed by atoms with Crippen molar-refractivity contribution in [3.05, 3.63) is 66.3 Å². The Balaban J connectivity index is 1.48. The standard InChI is InChI=1S/C17H14FN3O2S/c18-13-7-4-8-14(9-13)19-15(22)10-24-11-16-20-17(21-23-16)12-5-2-1-3-6-12/h1-9H,10-11H2,(H,19,22). The first-order chi connectivity index (χ1) is 11.7. The van der Waals surface area contributed by atoms with Gasteiger partial charge in [-0.05, 0) is 18.2 Å². The lowest BCUT2D eigenvalue weighted by molar-refractivity contribution is -0.113. The molecule has 24 heavy (non-hydrogen) atoms. The summed E-state index contributed by atoms with van der Waals surface area (Å²) < 4.78 is 18.2. The first-order valence-corrected chi connectivity index (χ1v) is 8.37. The lowest BCUT2D eigenvalue weighted by Crippen LogP contribution is -2.14. The normalized spacial score (nSPS) is 10.5. The highest BCUT2D eigenvalue weighted by atomic mass is 32.2. The first kappa shape index (κ1) is 16.2. The zero-order valence-corrected chi connectivity index (χ0v) is 13.4. The lowest BCUT2D eigenvalue weighted by atomic mass is 10.2. The Kier molecular flexibility index (Phi) is 5.22. The van der Waals surface area contributed by atoms with Gasteiger partial charge in [0.15, 0.2) is 0 Å². The molecule has 0 unspecified atom stereocenters. The zero-order chi connectivity index (χ0) is 16.8. The Hall–Kier alpha value is -2.67. The molecule has 1 amide bonds. The lowest BCUT2D eigenvalue weighted by Gasteiger charge is -2.04. The van der Waals surface area contributed by atoms with E-state index in [1.54, 1.807) is 12.1 Å². The molecule has 0 radical (unpaired) electrons. The molecule has 0 bridgehead atoms. The largest absolute Gasteiger partial charge is 0.338 e. The third-order valence-corrected chi connectivity index (χ3v) is 3.98. The van der Waals surface area contributed by atoms with Crippen LogP contribution in [0.2, 0.25) is 0 Å². The highest BCUT2D eigenvalue weighted by Gasteiger charge is 2.10. The van der Waals surface area contributed by atoms with Gasteiger partial charge in [0.1, 0.15) is 5.82 Å². The van der Waals surface area contributed by atoms with Crippen molar-refractivity contribution in [1.29, 1.82) is 0 Å². The number of carbonyl (C=O) groups excluding carboxylic acids is 1. The number of nitrogens with one attached hydrogen (secondary N) is 1. The van der Waals surface area contributed by atoms with Crippen LogP contribution in [0.15, 0.2) is 59.1 Å². The fourth-order valence-corrected chi connectivity index (χ4v) is 2.66. The number of thioether (sulfide) groups is 1. The average molecular weight is 343 g/mol. The second-order valence-corrected chi connectivity index (χ2v) is 5.91. The van der Waals surface area contributed by atoms with E-state index >= 15 is 0 Å². The predicted octanol–water partition coefficient (Wildman–Crippen LogP) is 3.75. The van der Waals surface area contributed by atoms with E-state index in [-0.39, 0.29) is 17.5 Å². The Morgan fingerprint density at radius 2 is 2.00 bits per heavy atom. The molecule has 0 fully saturated rings. The average Bonchev–Trinajstić information content (AvgIpc) is 3.04. The molecule has 122 valence electrons. The molecule has 0 aliphatic rings. The summed E-state index contributed by atoms with van der Waals surface area (Å²) in [6.07, 6.45) is 0. The fourth-order valence-electron chi connectivity index (χ4n) is 2.01. The van der Waals surface area contributed by atoms with Gasteiger partial charge in [0.25, 0.3) is 0 Å². The summed E-state index contributed by atoms with van der Waals surface area (Å²) in [7, 11) is 0. The van der Waals surface area contributed by atoms with E-state index in [0.717, 1.165) is 5.56 Å². The number of benzene rings is 2. The molecule has 2 aromatic carbocycles. The monoisotopic (exact) mass is 343 g/mol. The summed E-state index contributed by atoms with van der Waals surface area (Å²) in [4.78, 5) is 16.1. The molecule has 0 spiro atoms. The second-order valence-electron chi connectivity index (χ2n) is 4.93. The molecule has 1 aromatic heterocycles. The SMILES string of the molecule is O=C(CSCc1nc(-c2ccccc2)no1)Nc1cccc(F)c1. The van der Waals surface area contributed by atoms with Crippen molar-refractivity contribution >= 4 is 23.4 Å². The van der Waals surface area contributed by atoms with Gasteiger partial charge >= 0.3 is 0 Å². The van der Waals surface area contributed by atoms with Crippen molar-refractivity contribution in [2.24, 2.45) is 0 Å². The minimum atomic E-state index is -0.389. The van der Waals surface area contributed by atoms with Crippen LogP contribution in [-0.4, -0.2) is 21.8 Å². The molecule has 0 atom stereocenters. The molecule has 1 N–H and O–H groups in total. The van der Waals surface area contributed by atoms with E-state index < -0.39 is 0 Å². The van der Waals surface area contributed by atoms with Crippen molar-refractivity contribution in [2.75, 3.05) is 11.1 Å². The summed E-state index contributed by atoms with van der Waals surface area (Å²) in [6.45, 7) is 0. The summed E-state index contributed by atoms with van der Waals surface area (Å²) in [5.41, 5.74) is 1.31. The van der Waals surface area contributed by atoms with Crippen molar-refractivity contribution in [1.82, 2.24) is 10.1 Å². The maximum Gasteiger partial charge on any atom is 0.236 e. The number of halogens is 1. The second kappa shape index (κ2) is 7.74. The van der Waals surface area contributed by atoms with Crippen LogP contribution in [0.25, 0.3) is 11.4 Å². The van der Waals surface area contributed by atoms with Crippen LogP contribution in [0, 0.1) is 5.82 Å². The number of amides is 1. The summed E-state index contributed by atoms with van der Waals surface area (Å²) >= 11 is 1.34. The van der Waals surface area contributed by atoms with Gasteiger partial charge in [0, 0.05) is 11.3 Å². The Morgan fingerprint density at radius 1 is 1.17 bits per heavy atom. The molecule has 0 aliphatic heterocycles. The summed E-state index contributed by atoms with van der Waals surface area (Å²) in [5, 5.41) is 6.55. The quantitative estimate of drug-likeness (QED) is 0.738. The fraction of sp³-hybridized carbons (Fsp3) is 0.118. The van der Waals surface area contributed by atoms with Gasteiger partial charge in [0.2, 0.25) is 17.6 Å². The van der Waals surface area contributed by atoms with E-state index in [1.165, 1.54) is 23.9 Å². The van der Waals surface area contributed by atoms with Crippen molar-refractivity contribution in [2.45, 2.75) is 5.75 Å². The van der Waals surface area contributed by atoms with Crippen LogP contribution in [0.3, 0.4) is 0 Å². The van der Waals surface area contributed by atoms with Crippen LogP contribution in [-0.2, 0) is 10.5 Å². The number of anilines is 1. The van der Waals surface area contributed by atoms with Crippen molar-refractivity contribution in [3.63, 3.8) is 0 Å². The Morgan fingerprint density at radius 3 is 2.79 bits per heavy atom. The van der Waals surface area contributed by atoms with Gasteiger partial charge in [-0.1, -0.05) is 41.6 Å². The first-order valence-electron chi connectivity index (χ1n) is 7.22. The number of hydrogen-bond donors (Lipinski definition) is 1. The topological polar surface area (TPSA) is 68.0 Å². The molecule has 7 heteroatoms. The van der Waals surface area contributed by atoms with Crippen LogP contribution in [0.4, 0.5) is 10.1 Å². The Labute approximate surface area is 142 Å². The van der Waals surface area contributed by atoms with Crippen molar-refractivity contribution in [3.8, 4) is 11.4 Å². The number of hydrogen-bond acceptors (Lipinski definition) is 5. The van der Waals surface area contributed by atoms with Gasteiger partial charge in [0.05, 0.1) is 11.5 Å². The van der Waals surface area contributed by atoms with Crippen molar-refractivity contribution < 1.29 is 13.7 Å². The van der Waals surface area contributed by atoms with E-state index in [1.807, 2.05) is 30.3 Å². The minimum Gasteiger partial charge on any atom is -0.338 e. The molecule has 0 saturated carbocycles. The predicted molar refractivity (Wildman–Crippen MR) is 90.9 cm³/mol. The van der Waals surface area contributed by atoms with E-state index in [4.69, 9.17) is 4.52 Å². The number of carbonyl (C=O) groups is 1. The maximum atomic E-state index is 13.0. The third-order valence-electron chi connectivity index (χ3n) is 3.07. The Bertz CT molecular complexity index is 823. The highest BCUT2D eigenvalue weighted by Crippen LogP contribution is 2.18. The summed E-state index contributed by atoms with van der Waals surface area (Å²) in [6, 6.07) is 15.3. The summed E-state index contributed by atoms with van der Waals surface area (Å²) in [5.74, 6) is 1.01. The van der Waals surface area contributed by atoms with Gasteiger partial charge in [-0.25, -0.2) is 4.39 Å². The van der Waals surface area contributed by atoms with Gasteiger partial charge < -0.3 is 9.84 Å². The minimum absolute atomic E-state index is 0.208. The number of nitrogens with zero attached hydrogens (tertiary/aromatic N) is 2.